The van der Waals surface area contributed by atoms with Crippen molar-refractivity contribution in [3.63, 3.8) is 0 Å². The van der Waals surface area contributed by atoms with E-state index in [1.165, 1.54) is 11.3 Å². The van der Waals surface area contributed by atoms with Gasteiger partial charge >= 0.3 is 0 Å². The number of benzene rings is 2. The molecule has 0 bridgehead atoms. The molecule has 7 nitrogen and oxygen atoms in total. The van der Waals surface area contributed by atoms with E-state index in [0.29, 0.717) is 10.6 Å². The fraction of sp³-hybridized carbons (Fsp3) is 0.227. The van der Waals surface area contributed by atoms with Gasteiger partial charge in [0.15, 0.2) is 0 Å². The van der Waals surface area contributed by atoms with Crippen molar-refractivity contribution in [3.05, 3.63) is 65.2 Å². The molecule has 0 spiro atoms. The Morgan fingerprint density at radius 1 is 1.03 bits per heavy atom. The molecule has 3 rings (SSSR count). The van der Waals surface area contributed by atoms with Gasteiger partial charge < -0.3 is 9.64 Å². The van der Waals surface area contributed by atoms with Crippen molar-refractivity contribution in [3.8, 4) is 16.3 Å². The number of nitrogens with one attached hydrogen (secondary N) is 2. The fourth-order valence-electron chi connectivity index (χ4n) is 2.63. The molecule has 1 aromatic heterocycles. The maximum absolute atomic E-state index is 12.4. The van der Waals surface area contributed by atoms with Crippen LogP contribution >= 0.6 is 11.3 Å². The van der Waals surface area contributed by atoms with E-state index in [4.69, 9.17) is 4.74 Å². The highest BCUT2D eigenvalue weighted by molar-refractivity contribution is 7.13. The van der Waals surface area contributed by atoms with Crippen LogP contribution in [0.1, 0.15) is 34.7 Å². The molecule has 0 saturated heterocycles. The topological polar surface area (TPSA) is 83.6 Å². The van der Waals surface area contributed by atoms with E-state index in [2.05, 4.69) is 15.8 Å². The SMILES string of the molecule is CC(C)Oc1ccc(-c2nc(C(=O)NNC(=O)c3cccc(N(C)C)c3)cs2)cc1. The van der Waals surface area contributed by atoms with E-state index in [1.54, 1.807) is 23.6 Å². The Kier molecular flexibility index (Phi) is 6.68. The Morgan fingerprint density at radius 2 is 1.73 bits per heavy atom. The summed E-state index contributed by atoms with van der Waals surface area (Å²) in [6, 6.07) is 14.7. The quantitative estimate of drug-likeness (QED) is 0.589. The van der Waals surface area contributed by atoms with E-state index < -0.39 is 11.8 Å². The molecule has 2 aromatic carbocycles. The zero-order valence-corrected chi connectivity index (χ0v) is 18.1. The van der Waals surface area contributed by atoms with E-state index in [1.807, 2.05) is 63.2 Å². The van der Waals surface area contributed by atoms with Gasteiger partial charge in [-0.1, -0.05) is 6.07 Å². The number of thiazole rings is 1. The second kappa shape index (κ2) is 9.41. The van der Waals surface area contributed by atoms with Crippen LogP contribution in [-0.4, -0.2) is 37.0 Å². The molecular formula is C22H24N4O3S. The average Bonchev–Trinajstić information content (AvgIpc) is 3.22. The zero-order chi connectivity index (χ0) is 21.7. The number of ether oxygens (including phenoxy) is 1. The highest BCUT2D eigenvalue weighted by Gasteiger charge is 2.14. The maximum atomic E-state index is 12.4. The number of carbonyl (C=O) groups is 2. The highest BCUT2D eigenvalue weighted by Crippen LogP contribution is 2.26. The number of amides is 2. The van der Waals surface area contributed by atoms with Crippen LogP contribution in [0.2, 0.25) is 0 Å². The Hall–Kier alpha value is -3.39. The van der Waals surface area contributed by atoms with Crippen molar-refractivity contribution < 1.29 is 14.3 Å². The van der Waals surface area contributed by atoms with Crippen LogP contribution in [0.15, 0.2) is 53.9 Å². The number of nitrogens with zero attached hydrogens (tertiary/aromatic N) is 2. The van der Waals surface area contributed by atoms with Crippen molar-refractivity contribution in [2.24, 2.45) is 0 Å². The van der Waals surface area contributed by atoms with Crippen LogP contribution in [0.3, 0.4) is 0 Å². The number of hydrogen-bond donors (Lipinski definition) is 2. The van der Waals surface area contributed by atoms with Crippen LogP contribution in [0.25, 0.3) is 10.6 Å². The molecule has 0 atom stereocenters. The molecule has 0 aliphatic heterocycles. The zero-order valence-electron chi connectivity index (χ0n) is 17.3. The smallest absolute Gasteiger partial charge is 0.289 e. The molecule has 30 heavy (non-hydrogen) atoms. The summed E-state index contributed by atoms with van der Waals surface area (Å²) in [6.45, 7) is 3.94. The van der Waals surface area contributed by atoms with Crippen molar-refractivity contribution >= 4 is 28.8 Å². The number of hydrazine groups is 1. The van der Waals surface area contributed by atoms with Gasteiger partial charge in [0.25, 0.3) is 11.8 Å². The second-order valence-corrected chi connectivity index (χ2v) is 7.94. The number of rotatable bonds is 6. The van der Waals surface area contributed by atoms with Crippen LogP contribution in [0, 0.1) is 0 Å². The van der Waals surface area contributed by atoms with E-state index >= 15 is 0 Å². The lowest BCUT2D eigenvalue weighted by atomic mass is 10.2. The van der Waals surface area contributed by atoms with E-state index in [0.717, 1.165) is 17.0 Å². The molecule has 1 heterocycles. The normalized spacial score (nSPS) is 10.6. The van der Waals surface area contributed by atoms with Gasteiger partial charge in [0.2, 0.25) is 0 Å². The van der Waals surface area contributed by atoms with Crippen molar-refractivity contribution in [1.82, 2.24) is 15.8 Å². The summed E-state index contributed by atoms with van der Waals surface area (Å²) in [5, 5.41) is 2.36. The molecule has 0 fully saturated rings. The summed E-state index contributed by atoms with van der Waals surface area (Å²) in [6.07, 6.45) is 0.103. The molecule has 0 radical (unpaired) electrons. The van der Waals surface area contributed by atoms with Crippen molar-refractivity contribution in [1.29, 1.82) is 0 Å². The van der Waals surface area contributed by atoms with Crippen LogP contribution in [-0.2, 0) is 0 Å². The van der Waals surface area contributed by atoms with Gasteiger partial charge in [-0.05, 0) is 56.3 Å². The molecule has 0 unspecified atom stereocenters. The molecule has 3 aromatic rings. The van der Waals surface area contributed by atoms with Crippen LogP contribution < -0.4 is 20.5 Å². The van der Waals surface area contributed by atoms with Gasteiger partial charge in [0.1, 0.15) is 16.5 Å². The minimum Gasteiger partial charge on any atom is -0.491 e. The van der Waals surface area contributed by atoms with Gasteiger partial charge in [-0.15, -0.1) is 11.3 Å². The third kappa shape index (κ3) is 5.36. The predicted octanol–water partition coefficient (Wildman–Crippen LogP) is 3.74. The number of hydrogen-bond acceptors (Lipinski definition) is 6. The van der Waals surface area contributed by atoms with Gasteiger partial charge in [-0.2, -0.15) is 0 Å². The maximum Gasteiger partial charge on any atom is 0.289 e. The minimum atomic E-state index is -0.477. The first-order chi connectivity index (χ1) is 14.3. The summed E-state index contributed by atoms with van der Waals surface area (Å²) in [5.74, 6) is -0.0954. The first-order valence-electron chi connectivity index (χ1n) is 9.44. The van der Waals surface area contributed by atoms with Gasteiger partial charge in [0.05, 0.1) is 6.10 Å². The summed E-state index contributed by atoms with van der Waals surface area (Å²) in [4.78, 5) is 30.9. The van der Waals surface area contributed by atoms with Gasteiger partial charge in [-0.25, -0.2) is 4.98 Å². The molecule has 2 amide bonds. The lowest BCUT2D eigenvalue weighted by Crippen LogP contribution is -2.41. The standard InChI is InChI=1S/C22H24N4O3S/c1-14(2)29-18-10-8-15(9-11-18)22-23-19(13-30-22)21(28)25-24-20(27)16-6-5-7-17(12-16)26(3)4/h5-14H,1-4H3,(H,24,27)(H,25,28). The third-order valence-electron chi connectivity index (χ3n) is 4.12. The number of carbonyl (C=O) groups excluding carboxylic acids is 2. The number of aromatic nitrogens is 1. The van der Waals surface area contributed by atoms with E-state index in [-0.39, 0.29) is 11.8 Å². The summed E-state index contributed by atoms with van der Waals surface area (Å²) >= 11 is 1.36. The molecule has 0 saturated carbocycles. The molecule has 156 valence electrons. The molecule has 0 aliphatic carbocycles. The molecular weight excluding hydrogens is 400 g/mol. The molecule has 2 N–H and O–H groups in total. The fourth-order valence-corrected chi connectivity index (χ4v) is 3.44. The number of anilines is 1. The van der Waals surface area contributed by atoms with E-state index in [9.17, 15) is 9.59 Å². The van der Waals surface area contributed by atoms with Crippen molar-refractivity contribution in [2.45, 2.75) is 20.0 Å². The van der Waals surface area contributed by atoms with Gasteiger partial charge in [-0.3, -0.25) is 20.4 Å². The summed E-state index contributed by atoms with van der Waals surface area (Å²) < 4.78 is 5.64. The van der Waals surface area contributed by atoms with Gasteiger partial charge in [0, 0.05) is 36.3 Å². The Labute approximate surface area is 179 Å². The Bertz CT molecular complexity index is 1030. The third-order valence-corrected chi connectivity index (χ3v) is 5.02. The average molecular weight is 425 g/mol. The lowest BCUT2D eigenvalue weighted by Gasteiger charge is -2.13. The first-order valence-corrected chi connectivity index (χ1v) is 10.3. The largest absolute Gasteiger partial charge is 0.491 e. The van der Waals surface area contributed by atoms with Crippen LogP contribution in [0.4, 0.5) is 5.69 Å². The van der Waals surface area contributed by atoms with Crippen molar-refractivity contribution in [2.75, 3.05) is 19.0 Å². The minimum absolute atomic E-state index is 0.103. The predicted molar refractivity (Wildman–Crippen MR) is 119 cm³/mol. The Balaban J connectivity index is 1.61. The monoisotopic (exact) mass is 424 g/mol. The Morgan fingerprint density at radius 3 is 2.40 bits per heavy atom. The van der Waals surface area contributed by atoms with Crippen LogP contribution in [0.5, 0.6) is 5.75 Å². The highest BCUT2D eigenvalue weighted by atomic mass is 32.1. The first kappa shape index (κ1) is 21.3. The molecule has 8 heteroatoms. The molecule has 0 aliphatic rings. The lowest BCUT2D eigenvalue weighted by molar-refractivity contribution is 0.0844. The second-order valence-electron chi connectivity index (χ2n) is 7.08. The summed E-state index contributed by atoms with van der Waals surface area (Å²) in [7, 11) is 3.78. The summed E-state index contributed by atoms with van der Waals surface area (Å²) in [5.41, 5.74) is 7.31.